The van der Waals surface area contributed by atoms with Crippen LogP contribution in [0.15, 0.2) is 24.3 Å². The first-order valence-corrected chi connectivity index (χ1v) is 7.28. The van der Waals surface area contributed by atoms with Gasteiger partial charge in [-0.2, -0.15) is 0 Å². The zero-order chi connectivity index (χ0) is 12.4. The molecule has 1 fully saturated rings. The highest BCUT2D eigenvalue weighted by Gasteiger charge is 2.26. The highest BCUT2D eigenvalue weighted by molar-refractivity contribution is 5.37. The predicted molar refractivity (Wildman–Crippen MR) is 74.1 cm³/mol. The van der Waals surface area contributed by atoms with Gasteiger partial charge in [-0.15, -0.1) is 0 Å². The summed E-state index contributed by atoms with van der Waals surface area (Å²) in [4.78, 5) is 0. The van der Waals surface area contributed by atoms with Crippen LogP contribution in [-0.2, 0) is 0 Å². The van der Waals surface area contributed by atoms with Gasteiger partial charge in [-0.1, -0.05) is 18.2 Å². The van der Waals surface area contributed by atoms with E-state index < -0.39 is 0 Å². The normalized spacial score (nSPS) is 31.5. The summed E-state index contributed by atoms with van der Waals surface area (Å²) in [6.07, 6.45) is 5.21. The second-order valence-corrected chi connectivity index (χ2v) is 5.86. The lowest BCUT2D eigenvalue weighted by molar-refractivity contribution is 0.233. The number of nitrogens with one attached hydrogen (secondary N) is 1. The minimum Gasteiger partial charge on any atom is -0.493 e. The van der Waals surface area contributed by atoms with Gasteiger partial charge in [0.05, 0.1) is 6.61 Å². The lowest BCUT2D eigenvalue weighted by atomic mass is 9.81. The van der Waals surface area contributed by atoms with Crippen molar-refractivity contribution >= 4 is 0 Å². The van der Waals surface area contributed by atoms with Crippen molar-refractivity contribution in [2.75, 3.05) is 13.2 Å². The second kappa shape index (κ2) is 5.31. The van der Waals surface area contributed by atoms with Crippen LogP contribution < -0.4 is 10.1 Å². The Hall–Kier alpha value is -1.02. The summed E-state index contributed by atoms with van der Waals surface area (Å²) >= 11 is 0. The molecule has 0 saturated carbocycles. The smallest absolute Gasteiger partial charge is 0.122 e. The highest BCUT2D eigenvalue weighted by atomic mass is 16.5. The van der Waals surface area contributed by atoms with Crippen molar-refractivity contribution in [3.63, 3.8) is 0 Å². The van der Waals surface area contributed by atoms with Crippen molar-refractivity contribution < 1.29 is 4.74 Å². The minimum absolute atomic E-state index is 0.704. The van der Waals surface area contributed by atoms with Gasteiger partial charge in [0.2, 0.25) is 0 Å². The molecule has 3 unspecified atom stereocenters. The van der Waals surface area contributed by atoms with E-state index in [-0.39, 0.29) is 0 Å². The number of hydrogen-bond donors (Lipinski definition) is 1. The SMILES string of the molecule is CC1CCC(CC2CCOc3ccccc32)CN1. The zero-order valence-electron chi connectivity index (χ0n) is 11.2. The van der Waals surface area contributed by atoms with E-state index in [1.807, 2.05) is 0 Å². The van der Waals surface area contributed by atoms with Crippen LogP contribution in [0.1, 0.15) is 44.1 Å². The van der Waals surface area contributed by atoms with Crippen LogP contribution >= 0.6 is 0 Å². The average Bonchev–Trinajstić information content (AvgIpc) is 2.42. The summed E-state index contributed by atoms with van der Waals surface area (Å²) in [6.45, 7) is 4.37. The van der Waals surface area contributed by atoms with Gasteiger partial charge in [0.25, 0.3) is 0 Å². The molecule has 3 atom stereocenters. The van der Waals surface area contributed by atoms with Crippen LogP contribution in [0.5, 0.6) is 5.75 Å². The van der Waals surface area contributed by atoms with Gasteiger partial charge in [-0.05, 0) is 62.6 Å². The van der Waals surface area contributed by atoms with Gasteiger partial charge in [-0.3, -0.25) is 0 Å². The molecule has 1 aromatic rings. The van der Waals surface area contributed by atoms with Gasteiger partial charge in [0.15, 0.2) is 0 Å². The molecular weight excluding hydrogens is 222 g/mol. The average molecular weight is 245 g/mol. The number of rotatable bonds is 2. The monoisotopic (exact) mass is 245 g/mol. The molecule has 3 rings (SSSR count). The molecule has 0 spiro atoms. The molecule has 2 aliphatic heterocycles. The number of hydrogen-bond acceptors (Lipinski definition) is 2. The molecule has 2 nitrogen and oxygen atoms in total. The van der Waals surface area contributed by atoms with Crippen molar-refractivity contribution in [2.45, 2.75) is 44.6 Å². The molecule has 2 aliphatic rings. The van der Waals surface area contributed by atoms with Crippen molar-refractivity contribution in [3.05, 3.63) is 29.8 Å². The third-order valence-corrected chi connectivity index (χ3v) is 4.46. The van der Waals surface area contributed by atoms with Gasteiger partial charge >= 0.3 is 0 Å². The molecule has 0 aliphatic carbocycles. The number of piperidine rings is 1. The summed E-state index contributed by atoms with van der Waals surface area (Å²) in [7, 11) is 0. The summed E-state index contributed by atoms with van der Waals surface area (Å²) in [5.74, 6) is 2.67. The molecule has 0 radical (unpaired) electrons. The fourth-order valence-corrected chi connectivity index (χ4v) is 3.32. The van der Waals surface area contributed by atoms with E-state index in [4.69, 9.17) is 4.74 Å². The fourth-order valence-electron chi connectivity index (χ4n) is 3.32. The quantitative estimate of drug-likeness (QED) is 0.863. The molecule has 1 aromatic carbocycles. The summed E-state index contributed by atoms with van der Waals surface area (Å²) in [5.41, 5.74) is 1.43. The van der Waals surface area contributed by atoms with Gasteiger partial charge < -0.3 is 10.1 Å². The maximum absolute atomic E-state index is 5.74. The van der Waals surface area contributed by atoms with Crippen LogP contribution in [0.4, 0.5) is 0 Å². The Labute approximate surface area is 110 Å². The summed E-state index contributed by atoms with van der Waals surface area (Å²) in [5, 5.41) is 3.61. The number of benzene rings is 1. The van der Waals surface area contributed by atoms with Gasteiger partial charge in [0, 0.05) is 6.04 Å². The molecular formula is C16H23NO. The number of para-hydroxylation sites is 1. The predicted octanol–water partition coefficient (Wildman–Crippen LogP) is 3.33. The van der Waals surface area contributed by atoms with Crippen molar-refractivity contribution in [3.8, 4) is 5.75 Å². The molecule has 0 bridgehead atoms. The Morgan fingerprint density at radius 1 is 1.22 bits per heavy atom. The molecule has 18 heavy (non-hydrogen) atoms. The third-order valence-electron chi connectivity index (χ3n) is 4.46. The van der Waals surface area contributed by atoms with Crippen LogP contribution in [0, 0.1) is 5.92 Å². The summed E-state index contributed by atoms with van der Waals surface area (Å²) in [6, 6.07) is 9.29. The maximum Gasteiger partial charge on any atom is 0.122 e. The lowest BCUT2D eigenvalue weighted by Gasteiger charge is -2.33. The Morgan fingerprint density at radius 2 is 2.11 bits per heavy atom. The Balaban J connectivity index is 1.67. The first-order valence-electron chi connectivity index (χ1n) is 7.28. The second-order valence-electron chi connectivity index (χ2n) is 5.86. The van der Waals surface area contributed by atoms with E-state index >= 15 is 0 Å². The van der Waals surface area contributed by atoms with Crippen LogP contribution in [0.2, 0.25) is 0 Å². The van der Waals surface area contributed by atoms with Gasteiger partial charge in [-0.25, -0.2) is 0 Å². The Kier molecular flexibility index (Phi) is 3.55. The van der Waals surface area contributed by atoms with Gasteiger partial charge in [0.1, 0.15) is 5.75 Å². The van der Waals surface area contributed by atoms with Crippen LogP contribution in [0.25, 0.3) is 0 Å². The minimum atomic E-state index is 0.704. The number of fused-ring (bicyclic) bond motifs is 1. The number of ether oxygens (including phenoxy) is 1. The van der Waals surface area contributed by atoms with E-state index in [1.54, 1.807) is 0 Å². The van der Waals surface area contributed by atoms with E-state index in [0.29, 0.717) is 12.0 Å². The standard InChI is InChI=1S/C16H23NO/c1-12-6-7-13(11-17-12)10-14-8-9-18-16-5-3-2-4-15(14)16/h2-5,12-14,17H,6-11H2,1H3. The van der Waals surface area contributed by atoms with Crippen LogP contribution in [-0.4, -0.2) is 19.2 Å². The molecule has 2 heterocycles. The van der Waals surface area contributed by atoms with E-state index in [1.165, 1.54) is 37.8 Å². The first-order chi connectivity index (χ1) is 8.83. The zero-order valence-corrected chi connectivity index (χ0v) is 11.2. The van der Waals surface area contributed by atoms with Crippen LogP contribution in [0.3, 0.4) is 0 Å². The molecule has 2 heteroatoms. The van der Waals surface area contributed by atoms with Crippen molar-refractivity contribution in [2.24, 2.45) is 5.92 Å². The van der Waals surface area contributed by atoms with E-state index in [0.717, 1.165) is 18.3 Å². The highest BCUT2D eigenvalue weighted by Crippen LogP contribution is 2.38. The molecule has 0 aromatic heterocycles. The third kappa shape index (κ3) is 2.54. The van der Waals surface area contributed by atoms with Crippen molar-refractivity contribution in [1.29, 1.82) is 0 Å². The van der Waals surface area contributed by atoms with E-state index in [9.17, 15) is 0 Å². The Morgan fingerprint density at radius 3 is 2.94 bits per heavy atom. The summed E-state index contributed by atoms with van der Waals surface area (Å²) < 4.78 is 5.74. The largest absolute Gasteiger partial charge is 0.493 e. The topological polar surface area (TPSA) is 21.3 Å². The first kappa shape index (κ1) is 12.0. The molecule has 1 N–H and O–H groups in total. The van der Waals surface area contributed by atoms with Crippen molar-refractivity contribution in [1.82, 2.24) is 5.32 Å². The van der Waals surface area contributed by atoms with E-state index in [2.05, 4.69) is 36.5 Å². The lowest BCUT2D eigenvalue weighted by Crippen LogP contribution is -2.37. The maximum atomic E-state index is 5.74. The molecule has 98 valence electrons. The molecule has 1 saturated heterocycles. The molecule has 0 amide bonds. The fraction of sp³-hybridized carbons (Fsp3) is 0.625. The Bertz CT molecular complexity index is 396.